The zero-order valence-corrected chi connectivity index (χ0v) is 15.5. The van der Waals surface area contributed by atoms with Crippen LogP contribution in [0.4, 0.5) is 0 Å². The minimum Gasteiger partial charge on any atom is -0.333 e. The SMILES string of the molecule is C[C@@H](c1ccc(-c2ccc(-c3nccn3C)nn2)cc1)N1CCCCC1. The highest BCUT2D eigenvalue weighted by molar-refractivity contribution is 5.61. The Hall–Kier alpha value is -2.53. The molecule has 1 aliphatic rings. The van der Waals surface area contributed by atoms with Crippen LogP contribution in [0.5, 0.6) is 0 Å². The molecule has 0 spiro atoms. The van der Waals surface area contributed by atoms with Crippen molar-refractivity contribution in [1.82, 2.24) is 24.6 Å². The fourth-order valence-electron chi connectivity index (χ4n) is 3.67. The van der Waals surface area contributed by atoms with Gasteiger partial charge in [-0.3, -0.25) is 4.90 Å². The number of nitrogens with zero attached hydrogens (tertiary/aromatic N) is 5. The monoisotopic (exact) mass is 347 g/mol. The Morgan fingerprint density at radius 3 is 2.19 bits per heavy atom. The third-order valence-corrected chi connectivity index (χ3v) is 5.34. The fourth-order valence-corrected chi connectivity index (χ4v) is 3.67. The molecule has 0 amide bonds. The molecule has 2 aromatic heterocycles. The number of imidazole rings is 1. The van der Waals surface area contributed by atoms with Crippen molar-refractivity contribution in [3.63, 3.8) is 0 Å². The molecule has 3 heterocycles. The number of hydrogen-bond acceptors (Lipinski definition) is 4. The number of hydrogen-bond donors (Lipinski definition) is 0. The molecule has 0 unspecified atom stereocenters. The van der Waals surface area contributed by atoms with E-state index in [2.05, 4.69) is 51.3 Å². The molecule has 5 heteroatoms. The summed E-state index contributed by atoms with van der Waals surface area (Å²) in [5.41, 5.74) is 4.14. The van der Waals surface area contributed by atoms with Crippen LogP contribution in [0.3, 0.4) is 0 Å². The van der Waals surface area contributed by atoms with Crippen LogP contribution >= 0.6 is 0 Å². The van der Waals surface area contributed by atoms with Crippen LogP contribution < -0.4 is 0 Å². The summed E-state index contributed by atoms with van der Waals surface area (Å²) in [7, 11) is 1.96. The minimum absolute atomic E-state index is 0.473. The quantitative estimate of drug-likeness (QED) is 0.713. The van der Waals surface area contributed by atoms with Gasteiger partial charge in [-0.2, -0.15) is 0 Å². The molecule has 0 radical (unpaired) electrons. The number of rotatable bonds is 4. The van der Waals surface area contributed by atoms with E-state index in [1.807, 2.05) is 29.9 Å². The number of piperidine rings is 1. The van der Waals surface area contributed by atoms with Crippen molar-refractivity contribution in [1.29, 1.82) is 0 Å². The maximum atomic E-state index is 4.40. The van der Waals surface area contributed by atoms with Crippen LogP contribution in [0.1, 0.15) is 37.8 Å². The summed E-state index contributed by atoms with van der Waals surface area (Å²) < 4.78 is 1.94. The van der Waals surface area contributed by atoms with Gasteiger partial charge < -0.3 is 4.57 Å². The number of aromatic nitrogens is 4. The fraction of sp³-hybridized carbons (Fsp3) is 0.381. The van der Waals surface area contributed by atoms with Gasteiger partial charge in [-0.1, -0.05) is 30.7 Å². The topological polar surface area (TPSA) is 46.8 Å². The van der Waals surface area contributed by atoms with Crippen molar-refractivity contribution >= 4 is 0 Å². The normalized spacial score (nSPS) is 16.5. The van der Waals surface area contributed by atoms with E-state index in [-0.39, 0.29) is 0 Å². The molecule has 1 saturated heterocycles. The molecule has 0 aliphatic carbocycles. The molecule has 3 aromatic rings. The first kappa shape index (κ1) is 16.9. The van der Waals surface area contributed by atoms with Gasteiger partial charge in [0.25, 0.3) is 0 Å². The molecule has 1 atom stereocenters. The highest BCUT2D eigenvalue weighted by Crippen LogP contribution is 2.26. The standard InChI is InChI=1S/C21H25N5/c1-16(26-13-4-3-5-14-26)17-6-8-18(9-7-17)19-10-11-20(24-23-19)21-22-12-15-25(21)2/h6-12,15-16H,3-5,13-14H2,1-2H3/t16-/m0/s1. The minimum atomic E-state index is 0.473. The summed E-state index contributed by atoms with van der Waals surface area (Å²) in [6.45, 7) is 4.73. The molecule has 4 rings (SSSR count). The zero-order chi connectivity index (χ0) is 17.9. The average molecular weight is 347 g/mol. The van der Waals surface area contributed by atoms with Crippen molar-refractivity contribution in [2.45, 2.75) is 32.2 Å². The Morgan fingerprint density at radius 2 is 1.58 bits per heavy atom. The van der Waals surface area contributed by atoms with Crippen molar-refractivity contribution in [2.75, 3.05) is 13.1 Å². The Kier molecular flexibility index (Phi) is 4.80. The first-order valence-corrected chi connectivity index (χ1v) is 9.38. The van der Waals surface area contributed by atoms with E-state index >= 15 is 0 Å². The van der Waals surface area contributed by atoms with Gasteiger partial charge in [0.1, 0.15) is 5.69 Å². The van der Waals surface area contributed by atoms with Gasteiger partial charge in [0.15, 0.2) is 5.82 Å². The predicted molar refractivity (Wildman–Crippen MR) is 104 cm³/mol. The third-order valence-electron chi connectivity index (χ3n) is 5.34. The molecular weight excluding hydrogens is 322 g/mol. The highest BCUT2D eigenvalue weighted by Gasteiger charge is 2.18. The van der Waals surface area contributed by atoms with Crippen molar-refractivity contribution in [3.05, 3.63) is 54.4 Å². The number of aryl methyl sites for hydroxylation is 1. The van der Waals surface area contributed by atoms with Crippen LogP contribution in [0.25, 0.3) is 22.8 Å². The average Bonchev–Trinajstić information content (AvgIpc) is 3.14. The molecule has 134 valence electrons. The van der Waals surface area contributed by atoms with Crippen LogP contribution in [-0.4, -0.2) is 37.7 Å². The van der Waals surface area contributed by atoms with Gasteiger partial charge in [0, 0.05) is 31.0 Å². The van der Waals surface area contributed by atoms with E-state index in [4.69, 9.17) is 0 Å². The lowest BCUT2D eigenvalue weighted by molar-refractivity contribution is 0.175. The summed E-state index contributed by atoms with van der Waals surface area (Å²) in [5, 5.41) is 8.74. The van der Waals surface area contributed by atoms with Gasteiger partial charge in [-0.05, 0) is 50.6 Å². The molecule has 0 saturated carbocycles. The van der Waals surface area contributed by atoms with E-state index in [1.165, 1.54) is 37.9 Å². The van der Waals surface area contributed by atoms with Gasteiger partial charge in [-0.15, -0.1) is 10.2 Å². The van der Waals surface area contributed by atoms with Crippen LogP contribution in [0, 0.1) is 0 Å². The van der Waals surface area contributed by atoms with Gasteiger partial charge in [0.2, 0.25) is 0 Å². The Bertz CT molecular complexity index is 845. The largest absolute Gasteiger partial charge is 0.333 e. The van der Waals surface area contributed by atoms with Crippen molar-refractivity contribution in [2.24, 2.45) is 7.05 Å². The van der Waals surface area contributed by atoms with E-state index in [9.17, 15) is 0 Å². The number of benzene rings is 1. The summed E-state index contributed by atoms with van der Waals surface area (Å²) in [6, 6.07) is 13.2. The molecule has 1 aromatic carbocycles. The first-order valence-electron chi connectivity index (χ1n) is 9.38. The molecule has 1 fully saturated rings. The summed E-state index contributed by atoms with van der Waals surface area (Å²) >= 11 is 0. The summed E-state index contributed by atoms with van der Waals surface area (Å²) in [6.07, 6.45) is 7.69. The molecule has 26 heavy (non-hydrogen) atoms. The summed E-state index contributed by atoms with van der Waals surface area (Å²) in [4.78, 5) is 6.90. The Morgan fingerprint density at radius 1 is 0.885 bits per heavy atom. The lowest BCUT2D eigenvalue weighted by Gasteiger charge is -2.32. The van der Waals surface area contributed by atoms with E-state index in [1.54, 1.807) is 6.20 Å². The van der Waals surface area contributed by atoms with Crippen LogP contribution in [-0.2, 0) is 7.05 Å². The van der Waals surface area contributed by atoms with E-state index in [0.29, 0.717) is 6.04 Å². The molecule has 5 nitrogen and oxygen atoms in total. The van der Waals surface area contributed by atoms with Crippen LogP contribution in [0.15, 0.2) is 48.8 Å². The molecule has 0 N–H and O–H groups in total. The maximum absolute atomic E-state index is 4.40. The van der Waals surface area contributed by atoms with Crippen molar-refractivity contribution in [3.8, 4) is 22.8 Å². The van der Waals surface area contributed by atoms with Crippen molar-refractivity contribution < 1.29 is 0 Å². The van der Waals surface area contributed by atoms with Gasteiger partial charge in [-0.25, -0.2) is 4.98 Å². The summed E-state index contributed by atoms with van der Waals surface area (Å²) in [5.74, 6) is 0.828. The zero-order valence-electron chi connectivity index (χ0n) is 15.5. The predicted octanol–water partition coefficient (Wildman–Crippen LogP) is 4.09. The lowest BCUT2D eigenvalue weighted by Crippen LogP contribution is -2.32. The molecule has 0 bridgehead atoms. The van der Waals surface area contributed by atoms with E-state index < -0.39 is 0 Å². The third kappa shape index (κ3) is 3.40. The lowest BCUT2D eigenvalue weighted by atomic mass is 10.0. The molecule has 1 aliphatic heterocycles. The second-order valence-corrected chi connectivity index (χ2v) is 7.06. The van der Waals surface area contributed by atoms with Gasteiger partial charge >= 0.3 is 0 Å². The second-order valence-electron chi connectivity index (χ2n) is 7.06. The molecular formula is C21H25N5. The highest BCUT2D eigenvalue weighted by atomic mass is 15.2. The second kappa shape index (κ2) is 7.38. The van der Waals surface area contributed by atoms with E-state index in [0.717, 1.165) is 22.8 Å². The van der Waals surface area contributed by atoms with Gasteiger partial charge in [0.05, 0.1) is 5.69 Å². The first-order chi connectivity index (χ1) is 12.7. The smallest absolute Gasteiger partial charge is 0.160 e. The number of likely N-dealkylation sites (tertiary alicyclic amines) is 1. The maximum Gasteiger partial charge on any atom is 0.160 e. The Balaban J connectivity index is 1.50. The van der Waals surface area contributed by atoms with Crippen LogP contribution in [0.2, 0.25) is 0 Å². The Labute approximate surface area is 154 Å².